The predicted octanol–water partition coefficient (Wildman–Crippen LogP) is 3.68. The molecule has 0 radical (unpaired) electrons. The second kappa shape index (κ2) is 19.6. The van der Waals surface area contributed by atoms with E-state index in [0.717, 1.165) is 22.6 Å². The topological polar surface area (TPSA) is 169 Å². The number of nitrogens with zero attached hydrogens (tertiary/aromatic N) is 8. The third-order valence-electron chi connectivity index (χ3n) is 8.96. The van der Waals surface area contributed by atoms with Crippen LogP contribution in [0.5, 0.6) is 0 Å². The zero-order valence-electron chi connectivity index (χ0n) is 29.7. The van der Waals surface area contributed by atoms with E-state index in [1.807, 2.05) is 54.7 Å². The highest BCUT2D eigenvalue weighted by Gasteiger charge is 2.27. The van der Waals surface area contributed by atoms with Gasteiger partial charge in [0.15, 0.2) is 0 Å². The summed E-state index contributed by atoms with van der Waals surface area (Å²) in [6.07, 6.45) is 17.1. The van der Waals surface area contributed by atoms with Gasteiger partial charge < -0.3 is 0 Å². The van der Waals surface area contributed by atoms with Crippen LogP contribution >= 0.6 is 0 Å². The average Bonchev–Trinajstić information content (AvgIpc) is 3.65. The number of likely N-dealkylation sites (tertiary alicyclic amines) is 3. The zero-order valence-corrected chi connectivity index (χ0v) is 29.7. The highest BCUT2D eigenvalue weighted by Crippen LogP contribution is 2.15. The van der Waals surface area contributed by atoms with E-state index in [9.17, 15) is 28.8 Å². The van der Waals surface area contributed by atoms with Crippen molar-refractivity contribution in [3.63, 3.8) is 0 Å². The van der Waals surface area contributed by atoms with Crippen LogP contribution in [0.15, 0.2) is 85.7 Å². The normalized spacial score (nSPS) is 16.2. The third kappa shape index (κ3) is 11.5. The summed E-state index contributed by atoms with van der Waals surface area (Å²) in [7, 11) is 0. The van der Waals surface area contributed by atoms with E-state index in [0.29, 0.717) is 96.7 Å². The van der Waals surface area contributed by atoms with Gasteiger partial charge in [-0.3, -0.25) is 58.4 Å². The minimum atomic E-state index is -0.0693. The summed E-state index contributed by atoms with van der Waals surface area (Å²) in [6, 6.07) is 15.5. The van der Waals surface area contributed by atoms with Gasteiger partial charge in [-0.25, -0.2) is 4.68 Å². The monoisotopic (exact) mass is 720 g/mol. The lowest BCUT2D eigenvalue weighted by Crippen LogP contribution is -2.41. The zero-order chi connectivity index (χ0) is 37.4. The number of hydrogen-bond donors (Lipinski definition) is 0. The molecule has 0 spiro atoms. The Hall–Kier alpha value is -5.92. The molecule has 53 heavy (non-hydrogen) atoms. The van der Waals surface area contributed by atoms with Crippen LogP contribution in [0, 0.1) is 0 Å². The lowest BCUT2D eigenvalue weighted by molar-refractivity contribution is -0.149. The van der Waals surface area contributed by atoms with E-state index in [4.69, 9.17) is 0 Å². The van der Waals surface area contributed by atoms with Crippen LogP contribution in [-0.2, 0) is 48.0 Å². The molecule has 0 unspecified atom stereocenters. The van der Waals surface area contributed by atoms with Crippen molar-refractivity contribution in [2.75, 3.05) is 19.6 Å². The van der Waals surface area contributed by atoms with Crippen molar-refractivity contribution in [1.82, 2.24) is 39.4 Å². The number of carbonyl (C=O) groups excluding carboxylic acids is 6. The number of hydrogen-bond acceptors (Lipinski definition) is 10. The fourth-order valence-electron chi connectivity index (χ4n) is 6.06. The minimum absolute atomic E-state index is 0.0489. The summed E-state index contributed by atoms with van der Waals surface area (Å²) < 4.78 is 1.80. The molecule has 3 fully saturated rings. The molecule has 3 aromatic heterocycles. The lowest BCUT2D eigenvalue weighted by atomic mass is 10.1. The van der Waals surface area contributed by atoms with E-state index in [-0.39, 0.29) is 35.4 Å². The van der Waals surface area contributed by atoms with Crippen LogP contribution in [0.2, 0.25) is 0 Å². The Morgan fingerprint density at radius 3 is 1.47 bits per heavy atom. The number of pyridine rings is 1. The van der Waals surface area contributed by atoms with Gasteiger partial charge in [0.25, 0.3) is 0 Å². The van der Waals surface area contributed by atoms with E-state index in [1.165, 1.54) is 14.7 Å². The summed E-state index contributed by atoms with van der Waals surface area (Å²) in [4.78, 5) is 85.8. The van der Waals surface area contributed by atoms with Gasteiger partial charge in [-0.1, -0.05) is 24.3 Å². The Bertz CT molecular complexity index is 1730. The van der Waals surface area contributed by atoms with Gasteiger partial charge in [-0.05, 0) is 55.5 Å². The molecule has 0 aliphatic carbocycles. The number of aromatic nitrogens is 5. The molecule has 0 N–H and O–H groups in total. The van der Waals surface area contributed by atoms with Gasteiger partial charge >= 0.3 is 0 Å². The summed E-state index contributed by atoms with van der Waals surface area (Å²) in [5.74, 6) is -0.344. The van der Waals surface area contributed by atoms with Crippen LogP contribution in [0.4, 0.5) is 0 Å². The maximum Gasteiger partial charge on any atom is 0.229 e. The van der Waals surface area contributed by atoms with Crippen LogP contribution < -0.4 is 0 Å². The van der Waals surface area contributed by atoms with E-state index in [2.05, 4.69) is 20.1 Å². The van der Waals surface area contributed by atoms with Crippen molar-refractivity contribution in [3.05, 3.63) is 103 Å². The van der Waals surface area contributed by atoms with Gasteiger partial charge in [0, 0.05) is 108 Å². The van der Waals surface area contributed by atoms with Crippen molar-refractivity contribution in [1.29, 1.82) is 0 Å². The Morgan fingerprint density at radius 2 is 0.981 bits per heavy atom. The van der Waals surface area contributed by atoms with Gasteiger partial charge in [0.1, 0.15) is 0 Å². The molecule has 3 aliphatic heterocycles. The van der Waals surface area contributed by atoms with E-state index < -0.39 is 0 Å². The average molecular weight is 721 g/mol. The molecule has 14 heteroatoms. The second-order valence-corrected chi connectivity index (χ2v) is 12.8. The number of amides is 6. The molecule has 6 amide bonds. The van der Waals surface area contributed by atoms with Crippen LogP contribution in [0.3, 0.4) is 0 Å². The largest absolute Gasteiger partial charge is 0.282 e. The number of piperidine rings is 3. The number of benzene rings is 1. The van der Waals surface area contributed by atoms with Crippen molar-refractivity contribution in [2.45, 2.75) is 77.0 Å². The first-order valence-electron chi connectivity index (χ1n) is 18.0. The van der Waals surface area contributed by atoms with Crippen molar-refractivity contribution < 1.29 is 28.8 Å². The molecule has 276 valence electrons. The Labute approximate surface area is 308 Å². The number of imide groups is 3. The number of carbonyl (C=O) groups is 6. The summed E-state index contributed by atoms with van der Waals surface area (Å²) in [6.45, 7) is 1.31. The molecule has 0 saturated carbocycles. The standard InChI is InChI=1S/C16H17N3O2.C12H14N2O2.C11H13N3O2/c20-15-7-4-8-16(21)18(15)10-9-13-11-17-19(12-13)14-5-2-1-3-6-14;15-11-5-3-6-12(16)14(11)9-7-10-4-1-2-8-13-10;15-10-2-1-3-11(16)14(10)7-4-9-8-12-5-6-13-9/h1-3,5-6,11-12H,4,7-10H2;1-2,4,8H,3,5-7,9H2;5-6,8H,1-4,7H2. The first-order valence-corrected chi connectivity index (χ1v) is 18.0. The summed E-state index contributed by atoms with van der Waals surface area (Å²) >= 11 is 0. The molecule has 14 nitrogen and oxygen atoms in total. The maximum absolute atomic E-state index is 11.7. The Morgan fingerprint density at radius 1 is 0.491 bits per heavy atom. The maximum atomic E-state index is 11.7. The molecular formula is C39H44N8O6. The highest BCUT2D eigenvalue weighted by molar-refractivity contribution is 5.98. The third-order valence-corrected chi connectivity index (χ3v) is 8.96. The summed E-state index contributed by atoms with van der Waals surface area (Å²) in [5.41, 5.74) is 3.72. The minimum Gasteiger partial charge on any atom is -0.282 e. The van der Waals surface area contributed by atoms with Crippen LogP contribution in [0.25, 0.3) is 5.69 Å². The molecule has 0 bridgehead atoms. The van der Waals surface area contributed by atoms with Crippen molar-refractivity contribution in [3.8, 4) is 5.69 Å². The van der Waals surface area contributed by atoms with Gasteiger partial charge in [-0.2, -0.15) is 5.10 Å². The highest BCUT2D eigenvalue weighted by atomic mass is 16.2. The molecule has 4 aromatic rings. The van der Waals surface area contributed by atoms with E-state index >= 15 is 0 Å². The molecular weight excluding hydrogens is 676 g/mol. The number of para-hydroxylation sites is 1. The fraction of sp³-hybridized carbons (Fsp3) is 0.385. The Kier molecular flexibility index (Phi) is 14.2. The van der Waals surface area contributed by atoms with Gasteiger partial charge in [0.2, 0.25) is 35.4 Å². The molecule has 6 heterocycles. The Balaban J connectivity index is 0.000000156. The molecule has 3 aliphatic rings. The first-order chi connectivity index (χ1) is 25.8. The molecule has 3 saturated heterocycles. The summed E-state index contributed by atoms with van der Waals surface area (Å²) in [5, 5.41) is 4.32. The fourth-order valence-corrected chi connectivity index (χ4v) is 6.06. The van der Waals surface area contributed by atoms with Gasteiger partial charge in [-0.15, -0.1) is 0 Å². The van der Waals surface area contributed by atoms with E-state index in [1.54, 1.807) is 35.7 Å². The lowest BCUT2D eigenvalue weighted by Gasteiger charge is -2.24. The molecule has 7 rings (SSSR count). The van der Waals surface area contributed by atoms with Crippen LogP contribution in [0.1, 0.15) is 74.7 Å². The van der Waals surface area contributed by atoms with Crippen molar-refractivity contribution >= 4 is 35.4 Å². The second-order valence-electron chi connectivity index (χ2n) is 12.8. The molecule has 1 aromatic carbocycles. The quantitative estimate of drug-likeness (QED) is 0.221. The number of rotatable bonds is 10. The first kappa shape index (κ1) is 38.3. The smallest absolute Gasteiger partial charge is 0.229 e. The van der Waals surface area contributed by atoms with Crippen molar-refractivity contribution in [2.24, 2.45) is 0 Å². The van der Waals surface area contributed by atoms with Gasteiger partial charge in [0.05, 0.1) is 17.6 Å². The SMILES string of the molecule is O=C1CCCC(=O)N1CCc1ccccn1.O=C1CCCC(=O)N1CCc1cnccn1.O=C1CCCC(=O)N1CCc1cnn(-c2ccccc2)c1. The van der Waals surface area contributed by atoms with Crippen LogP contribution in [-0.4, -0.2) is 94.5 Å². The molecule has 0 atom stereocenters. The predicted molar refractivity (Wildman–Crippen MR) is 193 cm³/mol.